The van der Waals surface area contributed by atoms with Crippen LogP contribution < -0.4 is 16.4 Å². The van der Waals surface area contributed by atoms with E-state index in [1.807, 2.05) is 0 Å². The highest BCUT2D eigenvalue weighted by molar-refractivity contribution is 6.32. The van der Waals surface area contributed by atoms with Gasteiger partial charge in [-0.25, -0.2) is 4.79 Å². The van der Waals surface area contributed by atoms with E-state index in [-0.39, 0.29) is 34.2 Å². The zero-order chi connectivity index (χ0) is 27.2. The van der Waals surface area contributed by atoms with Crippen LogP contribution in [0.2, 0.25) is 0 Å². The molecule has 38 heavy (non-hydrogen) atoms. The predicted octanol–water partition coefficient (Wildman–Crippen LogP) is 5.46. The Kier molecular flexibility index (Phi) is 7.58. The van der Waals surface area contributed by atoms with Crippen molar-refractivity contribution in [1.82, 2.24) is 0 Å². The van der Waals surface area contributed by atoms with E-state index in [1.165, 1.54) is 24.3 Å². The number of hydrogen-bond donors (Lipinski definition) is 5. The number of carbonyl (C=O) groups excluding carboxylic acids is 3. The van der Waals surface area contributed by atoms with Gasteiger partial charge in [0, 0.05) is 22.5 Å². The maximum atomic E-state index is 13.5. The molecule has 4 aromatic carbocycles. The Balaban J connectivity index is 0.000000505. The SMILES string of the molecule is CCOC(N)=O.O=C1c2ccccc2C(=O)c2c(Nc3ccc(O)cc3)ccc(Nc3ccc(O)cc3)c21. The van der Waals surface area contributed by atoms with E-state index in [4.69, 9.17) is 0 Å². The molecule has 0 heterocycles. The summed E-state index contributed by atoms with van der Waals surface area (Å²) in [5, 5.41) is 25.5. The number of phenols is 2. The highest BCUT2D eigenvalue weighted by atomic mass is 16.5. The molecule has 0 aliphatic heterocycles. The molecule has 1 aliphatic carbocycles. The van der Waals surface area contributed by atoms with E-state index in [1.54, 1.807) is 67.6 Å². The van der Waals surface area contributed by atoms with E-state index >= 15 is 0 Å². The monoisotopic (exact) mass is 511 g/mol. The average Bonchev–Trinajstić information content (AvgIpc) is 2.91. The molecule has 0 saturated carbocycles. The first-order chi connectivity index (χ1) is 18.3. The van der Waals surface area contributed by atoms with Crippen molar-refractivity contribution in [2.75, 3.05) is 17.2 Å². The van der Waals surface area contributed by atoms with Crippen LogP contribution in [0.3, 0.4) is 0 Å². The van der Waals surface area contributed by atoms with Crippen LogP contribution in [0.4, 0.5) is 27.5 Å². The number of primary amides is 1. The largest absolute Gasteiger partial charge is 0.508 e. The average molecular weight is 512 g/mol. The number of carbonyl (C=O) groups is 3. The standard InChI is InChI=1S/C26H18N2O4.C3H7NO2/c29-17-9-5-15(6-10-17)27-21-13-14-22(28-16-7-11-18(30)12-8-16)24-23(21)25(31)19-3-1-2-4-20(19)26(24)32;1-2-6-3(4)5/h1-14,27-30H;2H2,1H3,(H2,4,5). The Morgan fingerprint density at radius 2 is 1.11 bits per heavy atom. The molecule has 0 bridgehead atoms. The molecule has 0 fully saturated rings. The summed E-state index contributed by atoms with van der Waals surface area (Å²) in [6.45, 7) is 2.06. The Labute approximate surface area is 218 Å². The Morgan fingerprint density at radius 3 is 1.42 bits per heavy atom. The lowest BCUT2D eigenvalue weighted by Gasteiger charge is -2.24. The minimum atomic E-state index is -0.711. The Hall–Kier alpha value is -5.31. The number of benzene rings is 4. The normalized spacial score (nSPS) is 11.4. The lowest BCUT2D eigenvalue weighted by Crippen LogP contribution is -2.23. The predicted molar refractivity (Wildman–Crippen MR) is 144 cm³/mol. The molecule has 6 N–H and O–H groups in total. The van der Waals surface area contributed by atoms with Crippen LogP contribution in [0.5, 0.6) is 11.5 Å². The summed E-state index contributed by atoms with van der Waals surface area (Å²) < 4.78 is 4.18. The fraction of sp³-hybridized carbons (Fsp3) is 0.0690. The van der Waals surface area contributed by atoms with Crippen molar-refractivity contribution in [3.63, 3.8) is 0 Å². The maximum Gasteiger partial charge on any atom is 0.404 e. The molecule has 0 aromatic heterocycles. The first-order valence-electron chi connectivity index (χ1n) is 11.7. The fourth-order valence-corrected chi connectivity index (χ4v) is 3.97. The highest BCUT2D eigenvalue weighted by Crippen LogP contribution is 2.38. The zero-order valence-electron chi connectivity index (χ0n) is 20.4. The van der Waals surface area contributed by atoms with Gasteiger partial charge in [0.2, 0.25) is 0 Å². The second-order valence-electron chi connectivity index (χ2n) is 8.21. The van der Waals surface area contributed by atoms with Crippen LogP contribution in [0.1, 0.15) is 38.8 Å². The molecule has 1 amide bonds. The van der Waals surface area contributed by atoms with Crippen LogP contribution in [0.15, 0.2) is 84.9 Å². The summed E-state index contributed by atoms with van der Waals surface area (Å²) in [4.78, 5) is 36.5. The summed E-state index contributed by atoms with van der Waals surface area (Å²) in [5.41, 5.74) is 8.16. The first-order valence-corrected chi connectivity index (χ1v) is 11.7. The minimum Gasteiger partial charge on any atom is -0.508 e. The van der Waals surface area contributed by atoms with E-state index < -0.39 is 6.09 Å². The second kappa shape index (κ2) is 11.2. The quantitative estimate of drug-likeness (QED) is 0.195. The highest BCUT2D eigenvalue weighted by Gasteiger charge is 2.34. The zero-order valence-corrected chi connectivity index (χ0v) is 20.4. The summed E-state index contributed by atoms with van der Waals surface area (Å²) >= 11 is 0. The van der Waals surface area contributed by atoms with Crippen LogP contribution >= 0.6 is 0 Å². The maximum absolute atomic E-state index is 13.5. The van der Waals surface area contributed by atoms with E-state index in [0.717, 1.165) is 0 Å². The summed E-state index contributed by atoms with van der Waals surface area (Å²) in [6.07, 6.45) is -0.711. The molecule has 5 rings (SSSR count). The van der Waals surface area contributed by atoms with Gasteiger partial charge in [0.15, 0.2) is 11.6 Å². The van der Waals surface area contributed by atoms with E-state index in [0.29, 0.717) is 40.5 Å². The molecule has 4 aromatic rings. The van der Waals surface area contributed by atoms with Crippen molar-refractivity contribution in [3.8, 4) is 11.5 Å². The molecule has 9 heteroatoms. The third kappa shape index (κ3) is 5.57. The van der Waals surface area contributed by atoms with Gasteiger partial charge in [0.25, 0.3) is 0 Å². The van der Waals surface area contributed by atoms with Gasteiger partial charge in [0.1, 0.15) is 11.5 Å². The van der Waals surface area contributed by atoms with Gasteiger partial charge in [-0.2, -0.15) is 0 Å². The summed E-state index contributed by atoms with van der Waals surface area (Å²) in [6, 6.07) is 23.2. The molecule has 0 atom stereocenters. The number of ether oxygens (including phenoxy) is 1. The molecule has 0 spiro atoms. The number of nitrogens with one attached hydrogen (secondary N) is 2. The van der Waals surface area contributed by atoms with Crippen molar-refractivity contribution >= 4 is 40.4 Å². The molecule has 1 aliphatic rings. The van der Waals surface area contributed by atoms with Crippen LogP contribution in [0, 0.1) is 0 Å². The molecule has 0 unspecified atom stereocenters. The molecule has 0 radical (unpaired) electrons. The fourth-order valence-electron chi connectivity index (χ4n) is 3.97. The number of nitrogens with two attached hydrogens (primary N) is 1. The Bertz CT molecular complexity index is 1390. The van der Waals surface area contributed by atoms with Crippen molar-refractivity contribution in [2.45, 2.75) is 6.92 Å². The molecular formula is C29H25N3O6. The van der Waals surface area contributed by atoms with Crippen molar-refractivity contribution < 1.29 is 29.3 Å². The third-order valence-corrected chi connectivity index (χ3v) is 5.66. The number of aromatic hydroxyl groups is 2. The lowest BCUT2D eigenvalue weighted by atomic mass is 9.82. The topological polar surface area (TPSA) is 151 Å². The molecular weight excluding hydrogens is 486 g/mol. The summed E-state index contributed by atoms with van der Waals surface area (Å²) in [7, 11) is 0. The van der Waals surface area contributed by atoms with Gasteiger partial charge in [-0.1, -0.05) is 24.3 Å². The molecule has 9 nitrogen and oxygen atoms in total. The van der Waals surface area contributed by atoms with Gasteiger partial charge < -0.3 is 31.3 Å². The lowest BCUT2D eigenvalue weighted by molar-refractivity contribution is 0.0980. The number of ketones is 2. The van der Waals surface area contributed by atoms with Gasteiger partial charge >= 0.3 is 6.09 Å². The summed E-state index contributed by atoms with van der Waals surface area (Å²) in [5.74, 6) is -0.228. The van der Waals surface area contributed by atoms with E-state index in [9.17, 15) is 24.6 Å². The first kappa shape index (κ1) is 25.8. The van der Waals surface area contributed by atoms with E-state index in [2.05, 4.69) is 21.1 Å². The van der Waals surface area contributed by atoms with Gasteiger partial charge in [-0.3, -0.25) is 9.59 Å². The van der Waals surface area contributed by atoms with Crippen LogP contribution in [0.25, 0.3) is 0 Å². The minimum absolute atomic E-state index is 0.131. The van der Waals surface area contributed by atoms with Gasteiger partial charge in [-0.05, 0) is 67.6 Å². The van der Waals surface area contributed by atoms with Crippen LogP contribution in [-0.4, -0.2) is 34.5 Å². The van der Waals surface area contributed by atoms with Crippen LogP contribution in [-0.2, 0) is 4.74 Å². The number of hydrogen-bond acceptors (Lipinski definition) is 8. The number of amides is 1. The number of fused-ring (bicyclic) bond motifs is 2. The third-order valence-electron chi connectivity index (χ3n) is 5.66. The molecule has 0 saturated heterocycles. The molecule has 192 valence electrons. The second-order valence-corrected chi connectivity index (χ2v) is 8.21. The smallest absolute Gasteiger partial charge is 0.404 e. The van der Waals surface area contributed by atoms with Gasteiger partial charge in [0.05, 0.1) is 29.1 Å². The number of phenolic OH excluding ortho intramolecular Hbond substituents is 2. The van der Waals surface area contributed by atoms with Gasteiger partial charge in [-0.15, -0.1) is 0 Å². The Morgan fingerprint density at radius 1 is 0.711 bits per heavy atom. The van der Waals surface area contributed by atoms with Crippen molar-refractivity contribution in [1.29, 1.82) is 0 Å². The number of anilines is 4. The number of rotatable bonds is 5. The van der Waals surface area contributed by atoms with Crippen molar-refractivity contribution in [2.24, 2.45) is 5.73 Å². The van der Waals surface area contributed by atoms with Crippen molar-refractivity contribution in [3.05, 3.63) is 107 Å².